The molecule has 0 atom stereocenters. The summed E-state index contributed by atoms with van der Waals surface area (Å²) in [6.07, 6.45) is 7.25. The third-order valence-corrected chi connectivity index (χ3v) is 8.95. The summed E-state index contributed by atoms with van der Waals surface area (Å²) in [5.41, 5.74) is 8.09. The molecule has 6 rings (SSSR count). The van der Waals surface area contributed by atoms with Crippen LogP contribution in [0.2, 0.25) is 0 Å². The third kappa shape index (κ3) is 6.54. The van der Waals surface area contributed by atoms with E-state index in [0.717, 1.165) is 47.6 Å². The number of para-hydroxylation sites is 2. The summed E-state index contributed by atoms with van der Waals surface area (Å²) >= 11 is 0. The Morgan fingerprint density at radius 2 is 1.30 bits per heavy atom. The van der Waals surface area contributed by atoms with E-state index >= 15 is 0 Å². The Kier molecular flexibility index (Phi) is 8.77. The minimum Gasteiger partial charge on any atom is -0.748 e. The van der Waals surface area contributed by atoms with Crippen LogP contribution in [0.1, 0.15) is 32.6 Å². The van der Waals surface area contributed by atoms with E-state index in [1.165, 1.54) is 21.8 Å². The average Bonchev–Trinajstić information content (AvgIpc) is 3.35. The highest BCUT2D eigenvalue weighted by atomic mass is 32.2. The molecule has 0 radical (unpaired) electrons. The standard InChI is InChI=1S/C37H37N3O3S/c1-2-3-23-39-36-27-30(29-20-24-38(25-21-29)22-10-11-26-44(41,42)43)16-18-34(36)35-19-17-33(28-37(35)39)40(31-12-6-4-7-13-31)32-14-8-5-9-15-32/h4-9,12-21,24-25,27-28H,2-3,10-11,22-23,26H2,1H3. The van der Waals surface area contributed by atoms with Crippen LogP contribution in [0.25, 0.3) is 32.9 Å². The van der Waals surface area contributed by atoms with Crippen molar-refractivity contribution in [3.8, 4) is 11.1 Å². The average molecular weight is 604 g/mol. The van der Waals surface area contributed by atoms with Gasteiger partial charge in [0.2, 0.25) is 0 Å². The van der Waals surface area contributed by atoms with Gasteiger partial charge in [0.15, 0.2) is 12.4 Å². The van der Waals surface area contributed by atoms with E-state index in [0.29, 0.717) is 19.4 Å². The minimum atomic E-state index is -4.15. The van der Waals surface area contributed by atoms with Gasteiger partial charge in [0, 0.05) is 64.2 Å². The molecule has 0 unspecified atom stereocenters. The Hall–Kier alpha value is -4.46. The van der Waals surface area contributed by atoms with E-state index < -0.39 is 10.1 Å². The van der Waals surface area contributed by atoms with Gasteiger partial charge in [0.25, 0.3) is 0 Å². The number of hydrogen-bond acceptors (Lipinski definition) is 4. The first-order chi connectivity index (χ1) is 21.4. The van der Waals surface area contributed by atoms with Gasteiger partial charge in [-0.25, -0.2) is 13.0 Å². The molecule has 0 saturated carbocycles. The summed E-state index contributed by atoms with van der Waals surface area (Å²) in [6.45, 7) is 3.84. The molecule has 0 saturated heterocycles. The van der Waals surface area contributed by atoms with Crippen molar-refractivity contribution in [2.75, 3.05) is 10.7 Å². The maximum atomic E-state index is 10.9. The summed E-state index contributed by atoms with van der Waals surface area (Å²) in [6, 6.07) is 38.8. The van der Waals surface area contributed by atoms with Gasteiger partial charge in [-0.1, -0.05) is 67.9 Å². The lowest BCUT2D eigenvalue weighted by Crippen LogP contribution is -2.32. The topological polar surface area (TPSA) is 69.2 Å². The van der Waals surface area contributed by atoms with E-state index in [1.807, 2.05) is 29.1 Å². The molecule has 0 bridgehead atoms. The van der Waals surface area contributed by atoms with Crippen molar-refractivity contribution >= 4 is 49.0 Å². The second-order valence-electron chi connectivity index (χ2n) is 11.2. The number of rotatable bonds is 12. The molecule has 0 aliphatic heterocycles. The van der Waals surface area contributed by atoms with Crippen LogP contribution in [0.15, 0.2) is 122 Å². The zero-order valence-electron chi connectivity index (χ0n) is 25.0. The number of aryl methyl sites for hydroxylation is 2. The van der Waals surface area contributed by atoms with Crippen molar-refractivity contribution in [3.63, 3.8) is 0 Å². The maximum absolute atomic E-state index is 10.9. The molecule has 2 aromatic heterocycles. The summed E-state index contributed by atoms with van der Waals surface area (Å²) in [4.78, 5) is 2.31. The molecule has 6 aromatic rings. The first kappa shape index (κ1) is 29.6. The fourth-order valence-electron chi connectivity index (χ4n) is 5.93. The quantitative estimate of drug-likeness (QED) is 0.0801. The van der Waals surface area contributed by atoms with Crippen LogP contribution in [0.5, 0.6) is 0 Å². The molecular weight excluding hydrogens is 566 g/mol. The number of fused-ring (bicyclic) bond motifs is 3. The normalized spacial score (nSPS) is 11.8. The summed E-state index contributed by atoms with van der Waals surface area (Å²) in [7, 11) is -4.15. The molecule has 7 heteroatoms. The minimum absolute atomic E-state index is 0.310. The van der Waals surface area contributed by atoms with E-state index in [-0.39, 0.29) is 5.75 Å². The Morgan fingerprint density at radius 1 is 0.682 bits per heavy atom. The van der Waals surface area contributed by atoms with Crippen LogP contribution >= 0.6 is 0 Å². The monoisotopic (exact) mass is 603 g/mol. The van der Waals surface area contributed by atoms with Crippen LogP contribution in [-0.2, 0) is 23.2 Å². The van der Waals surface area contributed by atoms with E-state index in [1.54, 1.807) is 0 Å². The zero-order chi connectivity index (χ0) is 30.5. The molecule has 0 fully saturated rings. The Bertz CT molecular complexity index is 1930. The number of nitrogens with zero attached hydrogens (tertiary/aromatic N) is 3. The number of unbranched alkanes of at least 4 members (excludes halogenated alkanes) is 2. The van der Waals surface area contributed by atoms with Crippen molar-refractivity contribution in [2.45, 2.75) is 45.7 Å². The third-order valence-electron chi connectivity index (χ3n) is 8.16. The molecule has 4 aromatic carbocycles. The van der Waals surface area contributed by atoms with Gasteiger partial charge >= 0.3 is 0 Å². The van der Waals surface area contributed by atoms with Crippen LogP contribution in [0.4, 0.5) is 17.1 Å². The second-order valence-corrected chi connectivity index (χ2v) is 12.8. The van der Waals surface area contributed by atoms with Crippen molar-refractivity contribution in [1.29, 1.82) is 0 Å². The molecule has 44 heavy (non-hydrogen) atoms. The molecule has 6 nitrogen and oxygen atoms in total. The van der Waals surface area contributed by atoms with Crippen LogP contribution in [0.3, 0.4) is 0 Å². The Morgan fingerprint density at radius 3 is 1.91 bits per heavy atom. The lowest BCUT2D eigenvalue weighted by atomic mass is 10.0. The molecular formula is C37H37N3O3S. The first-order valence-electron chi connectivity index (χ1n) is 15.3. The Balaban J connectivity index is 1.37. The van der Waals surface area contributed by atoms with Gasteiger partial charge in [-0.3, -0.25) is 0 Å². The zero-order valence-corrected chi connectivity index (χ0v) is 25.8. The fraction of sp³-hybridized carbons (Fsp3) is 0.216. The highest BCUT2D eigenvalue weighted by Gasteiger charge is 2.17. The number of aromatic nitrogens is 2. The lowest BCUT2D eigenvalue weighted by Gasteiger charge is -2.25. The summed E-state index contributed by atoms with van der Waals surface area (Å²) in [5, 5.41) is 2.50. The predicted molar refractivity (Wildman–Crippen MR) is 178 cm³/mol. The first-order valence-corrected chi connectivity index (χ1v) is 16.9. The molecule has 224 valence electrons. The van der Waals surface area contributed by atoms with Crippen molar-refractivity contribution in [1.82, 2.24) is 4.57 Å². The lowest BCUT2D eigenvalue weighted by molar-refractivity contribution is -0.697. The maximum Gasteiger partial charge on any atom is 0.169 e. The molecule has 0 aliphatic rings. The fourth-order valence-corrected chi connectivity index (χ4v) is 6.49. The van der Waals surface area contributed by atoms with E-state index in [4.69, 9.17) is 0 Å². The van der Waals surface area contributed by atoms with Crippen LogP contribution in [0, 0.1) is 0 Å². The van der Waals surface area contributed by atoms with Crippen molar-refractivity contribution < 1.29 is 17.5 Å². The molecule has 0 spiro atoms. The number of benzene rings is 4. The van der Waals surface area contributed by atoms with Crippen LogP contribution in [-0.4, -0.2) is 23.3 Å². The van der Waals surface area contributed by atoms with Gasteiger partial charge in [0.05, 0.1) is 15.6 Å². The highest BCUT2D eigenvalue weighted by molar-refractivity contribution is 7.85. The predicted octanol–water partition coefficient (Wildman–Crippen LogP) is 8.34. The molecule has 0 aliphatic carbocycles. The van der Waals surface area contributed by atoms with Gasteiger partial charge in [-0.2, -0.15) is 0 Å². The van der Waals surface area contributed by atoms with Gasteiger partial charge in [-0.05, 0) is 66.4 Å². The molecule has 2 heterocycles. The Labute approximate surface area is 259 Å². The van der Waals surface area contributed by atoms with Crippen LogP contribution < -0.4 is 9.47 Å². The number of pyridine rings is 1. The van der Waals surface area contributed by atoms with Gasteiger partial charge in [-0.15, -0.1) is 0 Å². The van der Waals surface area contributed by atoms with Gasteiger partial charge < -0.3 is 14.0 Å². The molecule has 0 N–H and O–H groups in total. The van der Waals surface area contributed by atoms with Crippen molar-refractivity contribution in [2.24, 2.45) is 0 Å². The SMILES string of the molecule is CCCCn1c2cc(-c3cc[n+](CCCCS(=O)(=O)[O-])cc3)ccc2c2ccc(N(c3ccccc3)c3ccccc3)cc21. The largest absolute Gasteiger partial charge is 0.748 e. The van der Waals surface area contributed by atoms with E-state index in [9.17, 15) is 13.0 Å². The van der Waals surface area contributed by atoms with E-state index in [2.05, 4.69) is 113 Å². The smallest absolute Gasteiger partial charge is 0.169 e. The summed E-state index contributed by atoms with van der Waals surface area (Å²) < 4.78 is 37.1. The molecule has 0 amide bonds. The number of anilines is 3. The van der Waals surface area contributed by atoms with Gasteiger partial charge in [0.1, 0.15) is 6.54 Å². The number of hydrogen-bond donors (Lipinski definition) is 0. The summed E-state index contributed by atoms with van der Waals surface area (Å²) in [5.74, 6) is -0.310. The second kappa shape index (κ2) is 13.0. The van der Waals surface area contributed by atoms with Crippen molar-refractivity contribution in [3.05, 3.63) is 122 Å². The highest BCUT2D eigenvalue weighted by Crippen LogP contribution is 2.39.